The van der Waals surface area contributed by atoms with Gasteiger partial charge in [-0.2, -0.15) is 0 Å². The van der Waals surface area contributed by atoms with E-state index < -0.39 is 0 Å². The zero-order chi connectivity index (χ0) is 16.5. The molecule has 124 valence electrons. The summed E-state index contributed by atoms with van der Waals surface area (Å²) >= 11 is 0. The SMILES string of the molecule is O=C(Cn1ccnc1)N1CCCC[C@@H]1c1cc(=O)n2[nH]ccc2n1. The van der Waals surface area contributed by atoms with Crippen molar-refractivity contribution in [3.05, 3.63) is 53.1 Å². The number of aromatic amines is 1. The van der Waals surface area contributed by atoms with Crippen molar-refractivity contribution in [1.29, 1.82) is 0 Å². The number of H-pyrrole nitrogens is 1. The molecule has 0 bridgehead atoms. The predicted octanol–water partition coefficient (Wildman–Crippen LogP) is 0.973. The monoisotopic (exact) mass is 326 g/mol. The van der Waals surface area contributed by atoms with Crippen molar-refractivity contribution < 1.29 is 4.79 Å². The molecule has 0 spiro atoms. The predicted molar refractivity (Wildman–Crippen MR) is 86.3 cm³/mol. The first-order valence-electron chi connectivity index (χ1n) is 8.05. The molecule has 3 aromatic heterocycles. The fourth-order valence-electron chi connectivity index (χ4n) is 3.28. The van der Waals surface area contributed by atoms with Crippen molar-refractivity contribution in [3.8, 4) is 0 Å². The van der Waals surface area contributed by atoms with E-state index in [1.54, 1.807) is 35.6 Å². The van der Waals surface area contributed by atoms with Crippen LogP contribution in [0.5, 0.6) is 0 Å². The highest BCUT2D eigenvalue weighted by molar-refractivity contribution is 5.76. The number of likely N-dealkylation sites (tertiary alicyclic amines) is 1. The first-order chi connectivity index (χ1) is 11.7. The summed E-state index contributed by atoms with van der Waals surface area (Å²) < 4.78 is 3.15. The number of rotatable bonds is 3. The van der Waals surface area contributed by atoms with Gasteiger partial charge in [-0.3, -0.25) is 14.7 Å². The number of carbonyl (C=O) groups excluding carboxylic acids is 1. The Hall–Kier alpha value is -2.90. The minimum Gasteiger partial charge on any atom is -0.333 e. The van der Waals surface area contributed by atoms with Crippen molar-refractivity contribution in [2.75, 3.05) is 6.54 Å². The Morgan fingerprint density at radius 1 is 1.38 bits per heavy atom. The van der Waals surface area contributed by atoms with Gasteiger partial charge in [0.25, 0.3) is 5.56 Å². The van der Waals surface area contributed by atoms with Crippen LogP contribution in [0.3, 0.4) is 0 Å². The Bertz CT molecular complexity index is 910. The summed E-state index contributed by atoms with van der Waals surface area (Å²) in [7, 11) is 0. The van der Waals surface area contributed by atoms with Crippen LogP contribution in [0.25, 0.3) is 5.65 Å². The highest BCUT2D eigenvalue weighted by atomic mass is 16.2. The van der Waals surface area contributed by atoms with E-state index >= 15 is 0 Å². The molecule has 1 amide bonds. The van der Waals surface area contributed by atoms with Gasteiger partial charge in [0.2, 0.25) is 5.91 Å². The molecule has 1 N–H and O–H groups in total. The second-order valence-electron chi connectivity index (χ2n) is 6.01. The van der Waals surface area contributed by atoms with Crippen molar-refractivity contribution >= 4 is 11.6 Å². The molecule has 8 nitrogen and oxygen atoms in total. The van der Waals surface area contributed by atoms with Crippen LogP contribution in [-0.4, -0.2) is 41.5 Å². The standard InChI is InChI=1S/C16H18N6O2/c23-15-9-12(19-14-4-5-18-22(14)15)13-3-1-2-7-21(13)16(24)10-20-8-6-17-11-20/h4-6,8-9,11,13,18H,1-3,7,10H2/t13-/m1/s1. The molecule has 1 saturated heterocycles. The molecule has 3 aromatic rings. The average molecular weight is 326 g/mol. The maximum atomic E-state index is 12.7. The van der Waals surface area contributed by atoms with Crippen molar-refractivity contribution in [2.24, 2.45) is 0 Å². The fraction of sp³-hybridized carbons (Fsp3) is 0.375. The zero-order valence-electron chi connectivity index (χ0n) is 13.1. The van der Waals surface area contributed by atoms with Gasteiger partial charge in [0.1, 0.15) is 6.54 Å². The van der Waals surface area contributed by atoms with Gasteiger partial charge in [-0.15, -0.1) is 0 Å². The highest BCUT2D eigenvalue weighted by Crippen LogP contribution is 2.29. The van der Waals surface area contributed by atoms with Gasteiger partial charge in [-0.1, -0.05) is 0 Å². The van der Waals surface area contributed by atoms with E-state index in [1.165, 1.54) is 10.6 Å². The van der Waals surface area contributed by atoms with Gasteiger partial charge >= 0.3 is 0 Å². The lowest BCUT2D eigenvalue weighted by molar-refractivity contribution is -0.135. The molecule has 0 aromatic carbocycles. The summed E-state index contributed by atoms with van der Waals surface area (Å²) in [6.07, 6.45) is 9.55. The number of carbonyl (C=O) groups is 1. The van der Waals surface area contributed by atoms with E-state index in [1.807, 2.05) is 4.90 Å². The van der Waals surface area contributed by atoms with Gasteiger partial charge in [-0.25, -0.2) is 14.5 Å². The number of hydrogen-bond donors (Lipinski definition) is 1. The number of imidazole rings is 1. The number of hydrogen-bond acceptors (Lipinski definition) is 4. The molecule has 24 heavy (non-hydrogen) atoms. The van der Waals surface area contributed by atoms with Crippen molar-refractivity contribution in [2.45, 2.75) is 31.8 Å². The van der Waals surface area contributed by atoms with Crippen molar-refractivity contribution in [3.63, 3.8) is 0 Å². The molecule has 0 aliphatic carbocycles. The van der Waals surface area contributed by atoms with Crippen LogP contribution in [0.1, 0.15) is 31.0 Å². The van der Waals surface area contributed by atoms with Crippen LogP contribution in [0.2, 0.25) is 0 Å². The molecule has 4 heterocycles. The molecule has 8 heteroatoms. The molecule has 1 aliphatic heterocycles. The van der Waals surface area contributed by atoms with Gasteiger partial charge in [0, 0.05) is 37.3 Å². The van der Waals surface area contributed by atoms with Gasteiger partial charge < -0.3 is 9.47 Å². The summed E-state index contributed by atoms with van der Waals surface area (Å²) in [4.78, 5) is 35.3. The van der Waals surface area contributed by atoms with Gasteiger partial charge in [0.05, 0.1) is 18.1 Å². The Labute approximate surface area is 137 Å². The van der Waals surface area contributed by atoms with Crippen LogP contribution >= 0.6 is 0 Å². The Morgan fingerprint density at radius 3 is 3.12 bits per heavy atom. The second-order valence-corrected chi connectivity index (χ2v) is 6.01. The molecule has 0 saturated carbocycles. The zero-order valence-corrected chi connectivity index (χ0v) is 13.1. The highest BCUT2D eigenvalue weighted by Gasteiger charge is 2.29. The van der Waals surface area contributed by atoms with E-state index in [-0.39, 0.29) is 24.1 Å². The summed E-state index contributed by atoms with van der Waals surface area (Å²) in [5, 5.41) is 2.83. The minimum atomic E-state index is -0.160. The molecular formula is C16H18N6O2. The largest absolute Gasteiger partial charge is 0.333 e. The lowest BCUT2D eigenvalue weighted by Gasteiger charge is -2.35. The quantitative estimate of drug-likeness (QED) is 0.777. The molecular weight excluding hydrogens is 308 g/mol. The third kappa shape index (κ3) is 2.60. The summed E-state index contributed by atoms with van der Waals surface area (Å²) in [5.41, 5.74) is 1.08. The lowest BCUT2D eigenvalue weighted by Crippen LogP contribution is -2.41. The van der Waals surface area contributed by atoms with E-state index in [2.05, 4.69) is 15.1 Å². The first kappa shape index (κ1) is 14.7. The van der Waals surface area contributed by atoms with Gasteiger partial charge in [-0.05, 0) is 19.3 Å². The molecule has 1 aliphatic rings. The third-order valence-corrected chi connectivity index (χ3v) is 4.44. The molecule has 4 rings (SSSR count). The minimum absolute atomic E-state index is 0.0220. The van der Waals surface area contributed by atoms with Crippen LogP contribution in [0, 0.1) is 0 Å². The number of amides is 1. The van der Waals surface area contributed by atoms with Crippen LogP contribution in [0.4, 0.5) is 0 Å². The van der Waals surface area contributed by atoms with E-state index in [9.17, 15) is 9.59 Å². The average Bonchev–Trinajstić information content (AvgIpc) is 3.26. The van der Waals surface area contributed by atoms with Crippen LogP contribution in [0.15, 0.2) is 41.8 Å². The topological polar surface area (TPSA) is 88.3 Å². The number of nitrogens with zero attached hydrogens (tertiary/aromatic N) is 5. The van der Waals surface area contributed by atoms with E-state index in [0.29, 0.717) is 17.9 Å². The number of fused-ring (bicyclic) bond motifs is 1. The second kappa shape index (κ2) is 5.95. The summed E-state index contributed by atoms with van der Waals surface area (Å²) in [6, 6.07) is 3.13. The number of piperidine rings is 1. The molecule has 1 atom stereocenters. The summed E-state index contributed by atoms with van der Waals surface area (Å²) in [6.45, 7) is 0.939. The Morgan fingerprint density at radius 2 is 2.29 bits per heavy atom. The Kier molecular flexibility index (Phi) is 3.64. The Balaban J connectivity index is 1.65. The lowest BCUT2D eigenvalue weighted by atomic mass is 9.99. The first-order valence-corrected chi connectivity index (χ1v) is 8.05. The number of aromatic nitrogens is 5. The smallest absolute Gasteiger partial charge is 0.272 e. The van der Waals surface area contributed by atoms with Crippen LogP contribution < -0.4 is 5.56 Å². The fourth-order valence-corrected chi connectivity index (χ4v) is 3.28. The van der Waals surface area contributed by atoms with Crippen LogP contribution in [-0.2, 0) is 11.3 Å². The van der Waals surface area contributed by atoms with Crippen molar-refractivity contribution in [1.82, 2.24) is 29.0 Å². The molecule has 0 unspecified atom stereocenters. The van der Waals surface area contributed by atoms with Gasteiger partial charge in [0.15, 0.2) is 5.65 Å². The van der Waals surface area contributed by atoms with E-state index in [4.69, 9.17) is 0 Å². The maximum Gasteiger partial charge on any atom is 0.272 e. The summed E-state index contributed by atoms with van der Waals surface area (Å²) in [5.74, 6) is 0.0220. The normalized spacial score (nSPS) is 18.2. The number of nitrogens with one attached hydrogen (secondary N) is 1. The molecule has 1 fully saturated rings. The van der Waals surface area contributed by atoms with E-state index in [0.717, 1.165) is 19.3 Å². The maximum absolute atomic E-state index is 12.7. The molecule has 0 radical (unpaired) electrons. The third-order valence-electron chi connectivity index (χ3n) is 4.44.